The summed E-state index contributed by atoms with van der Waals surface area (Å²) in [5.74, 6) is -1.72. The molecule has 0 radical (unpaired) electrons. The van der Waals surface area contributed by atoms with E-state index in [4.69, 9.17) is 0 Å². The molecule has 8 heteroatoms. The van der Waals surface area contributed by atoms with Gasteiger partial charge < -0.3 is 10.4 Å². The number of amides is 3. The number of hydrogen-bond donors (Lipinski definition) is 2. The van der Waals surface area contributed by atoms with Gasteiger partial charge in [0.15, 0.2) is 0 Å². The number of nitrogens with one attached hydrogen (secondary N) is 1. The van der Waals surface area contributed by atoms with Gasteiger partial charge in [-0.05, 0) is 35.9 Å². The number of imide groups is 1. The molecule has 0 spiro atoms. The molecule has 1 saturated heterocycles. The fourth-order valence-electron chi connectivity index (χ4n) is 2.85. The van der Waals surface area contributed by atoms with E-state index in [2.05, 4.69) is 5.32 Å². The van der Waals surface area contributed by atoms with E-state index in [1.165, 1.54) is 24.3 Å². The number of thioether (sulfide) groups is 1. The molecule has 29 heavy (non-hydrogen) atoms. The monoisotopic (exact) mass is 414 g/mol. The summed E-state index contributed by atoms with van der Waals surface area (Å²) in [6.45, 7) is -0.750. The molecule has 1 aliphatic rings. The molecule has 2 aromatic carbocycles. The molecule has 1 fully saturated rings. The Morgan fingerprint density at radius 1 is 1.14 bits per heavy atom. The number of carbonyl (C=O) groups is 3. The number of halogens is 1. The first-order valence-electron chi connectivity index (χ1n) is 8.92. The van der Waals surface area contributed by atoms with E-state index >= 15 is 0 Å². The second kappa shape index (κ2) is 9.49. The van der Waals surface area contributed by atoms with Crippen LogP contribution in [-0.4, -0.2) is 46.3 Å². The molecular formula is C21H19FN2O4S. The highest BCUT2D eigenvalue weighted by molar-refractivity contribution is 8.18. The number of rotatable bonds is 7. The number of aliphatic hydroxyl groups excluding tert-OH is 1. The van der Waals surface area contributed by atoms with Crippen LogP contribution in [0.25, 0.3) is 6.08 Å². The lowest BCUT2D eigenvalue weighted by atomic mass is 10.1. The number of hydrogen-bond acceptors (Lipinski definition) is 5. The van der Waals surface area contributed by atoms with Gasteiger partial charge in [0.05, 0.1) is 17.6 Å². The van der Waals surface area contributed by atoms with E-state index < -0.39 is 35.5 Å². The van der Waals surface area contributed by atoms with Crippen LogP contribution in [0.3, 0.4) is 0 Å². The van der Waals surface area contributed by atoms with Crippen LogP contribution in [-0.2, 0) is 16.0 Å². The van der Waals surface area contributed by atoms with E-state index in [1.807, 2.05) is 30.3 Å². The summed E-state index contributed by atoms with van der Waals surface area (Å²) in [6, 6.07) is 14.7. The first kappa shape index (κ1) is 20.8. The van der Waals surface area contributed by atoms with Crippen molar-refractivity contribution in [3.05, 3.63) is 76.4 Å². The smallest absolute Gasteiger partial charge is 0.294 e. The first-order chi connectivity index (χ1) is 14.0. The summed E-state index contributed by atoms with van der Waals surface area (Å²) in [4.78, 5) is 37.8. The van der Waals surface area contributed by atoms with Crippen LogP contribution >= 0.6 is 11.8 Å². The Bertz CT molecular complexity index is 949. The van der Waals surface area contributed by atoms with E-state index in [0.717, 1.165) is 10.5 Å². The first-order valence-corrected chi connectivity index (χ1v) is 9.73. The quantitative estimate of drug-likeness (QED) is 0.680. The SMILES string of the molecule is O=C(CN1C(=O)SC(=Cc2ccccc2F)C1=O)NC(CO)Cc1ccccc1. The average Bonchev–Trinajstić information content (AvgIpc) is 2.97. The lowest BCUT2D eigenvalue weighted by molar-refractivity contribution is -0.129. The molecule has 6 nitrogen and oxygen atoms in total. The van der Waals surface area contributed by atoms with Crippen LogP contribution in [0, 0.1) is 5.82 Å². The van der Waals surface area contributed by atoms with Gasteiger partial charge in [-0.1, -0.05) is 48.5 Å². The summed E-state index contributed by atoms with van der Waals surface area (Å²) in [6.07, 6.45) is 1.71. The molecule has 150 valence electrons. The highest BCUT2D eigenvalue weighted by Gasteiger charge is 2.36. The third kappa shape index (κ3) is 5.30. The molecule has 2 aromatic rings. The van der Waals surface area contributed by atoms with Crippen molar-refractivity contribution in [1.29, 1.82) is 0 Å². The van der Waals surface area contributed by atoms with Gasteiger partial charge in [-0.3, -0.25) is 19.3 Å². The largest absolute Gasteiger partial charge is 0.394 e. The van der Waals surface area contributed by atoms with Gasteiger partial charge in [0.25, 0.3) is 11.1 Å². The predicted molar refractivity (Wildman–Crippen MR) is 108 cm³/mol. The molecule has 3 rings (SSSR count). The van der Waals surface area contributed by atoms with Crippen molar-refractivity contribution in [3.63, 3.8) is 0 Å². The van der Waals surface area contributed by atoms with Crippen LogP contribution in [0.2, 0.25) is 0 Å². The predicted octanol–water partition coefficient (Wildman–Crippen LogP) is 2.58. The molecule has 1 unspecified atom stereocenters. The summed E-state index contributed by atoms with van der Waals surface area (Å²) in [5.41, 5.74) is 1.12. The molecule has 3 amide bonds. The third-order valence-corrected chi connectivity index (χ3v) is 5.18. The second-order valence-corrected chi connectivity index (χ2v) is 7.42. The minimum atomic E-state index is -0.651. The normalized spacial score (nSPS) is 16.3. The van der Waals surface area contributed by atoms with Gasteiger partial charge in [0.2, 0.25) is 5.91 Å². The van der Waals surface area contributed by atoms with Gasteiger partial charge in [0, 0.05) is 5.56 Å². The van der Waals surface area contributed by atoms with Crippen LogP contribution in [0.15, 0.2) is 59.5 Å². The van der Waals surface area contributed by atoms with Gasteiger partial charge in [-0.15, -0.1) is 0 Å². The minimum Gasteiger partial charge on any atom is -0.394 e. The fourth-order valence-corrected chi connectivity index (χ4v) is 3.68. The zero-order valence-corrected chi connectivity index (χ0v) is 16.2. The van der Waals surface area contributed by atoms with Crippen LogP contribution in [0.5, 0.6) is 0 Å². The van der Waals surface area contributed by atoms with Gasteiger partial charge >= 0.3 is 0 Å². The van der Waals surface area contributed by atoms with E-state index in [0.29, 0.717) is 18.2 Å². The standard InChI is InChI=1S/C21H19FN2O4S/c22-17-9-5-4-8-15(17)11-18-20(27)24(21(28)29-18)12-19(26)23-16(13-25)10-14-6-2-1-3-7-14/h1-9,11,16,25H,10,12-13H2,(H,23,26). The number of nitrogens with zero attached hydrogens (tertiary/aromatic N) is 1. The Hall–Kier alpha value is -2.97. The minimum absolute atomic E-state index is 0.0518. The number of benzene rings is 2. The summed E-state index contributed by atoms with van der Waals surface area (Å²) < 4.78 is 13.8. The van der Waals surface area contributed by atoms with Crippen molar-refractivity contribution >= 4 is 34.9 Å². The zero-order valence-electron chi connectivity index (χ0n) is 15.4. The molecule has 1 atom stereocenters. The Kier molecular flexibility index (Phi) is 6.79. The second-order valence-electron chi connectivity index (χ2n) is 6.43. The topological polar surface area (TPSA) is 86.7 Å². The molecule has 0 saturated carbocycles. The van der Waals surface area contributed by atoms with Crippen LogP contribution in [0.4, 0.5) is 9.18 Å². The maximum absolute atomic E-state index is 13.8. The lowest BCUT2D eigenvalue weighted by Gasteiger charge is -2.18. The Balaban J connectivity index is 1.63. The maximum atomic E-state index is 13.8. The van der Waals surface area contributed by atoms with Gasteiger partial charge in [-0.25, -0.2) is 4.39 Å². The summed E-state index contributed by atoms with van der Waals surface area (Å²) >= 11 is 0.657. The average molecular weight is 414 g/mol. The van der Waals surface area contributed by atoms with Crippen molar-refractivity contribution in [1.82, 2.24) is 10.2 Å². The molecule has 0 bridgehead atoms. The number of aliphatic hydroxyl groups is 1. The Morgan fingerprint density at radius 3 is 2.52 bits per heavy atom. The highest BCUT2D eigenvalue weighted by Crippen LogP contribution is 2.32. The highest BCUT2D eigenvalue weighted by atomic mass is 32.2. The van der Waals surface area contributed by atoms with Crippen molar-refractivity contribution < 1.29 is 23.9 Å². The molecule has 0 aromatic heterocycles. The van der Waals surface area contributed by atoms with Crippen molar-refractivity contribution in [3.8, 4) is 0 Å². The van der Waals surface area contributed by atoms with Crippen LogP contribution in [0.1, 0.15) is 11.1 Å². The maximum Gasteiger partial charge on any atom is 0.294 e. The van der Waals surface area contributed by atoms with Crippen LogP contribution < -0.4 is 5.32 Å². The van der Waals surface area contributed by atoms with Crippen molar-refractivity contribution in [2.75, 3.05) is 13.2 Å². The van der Waals surface area contributed by atoms with E-state index in [1.54, 1.807) is 6.07 Å². The van der Waals surface area contributed by atoms with E-state index in [9.17, 15) is 23.9 Å². The summed E-state index contributed by atoms with van der Waals surface area (Å²) in [5, 5.41) is 11.6. The van der Waals surface area contributed by atoms with Crippen molar-refractivity contribution in [2.24, 2.45) is 0 Å². The van der Waals surface area contributed by atoms with Gasteiger partial charge in [0.1, 0.15) is 12.4 Å². The Labute approximate surface area is 171 Å². The third-order valence-electron chi connectivity index (χ3n) is 4.28. The summed E-state index contributed by atoms with van der Waals surface area (Å²) in [7, 11) is 0. The zero-order chi connectivity index (χ0) is 20.8. The Morgan fingerprint density at radius 2 is 1.83 bits per heavy atom. The van der Waals surface area contributed by atoms with Crippen molar-refractivity contribution in [2.45, 2.75) is 12.5 Å². The van der Waals surface area contributed by atoms with E-state index in [-0.39, 0.29) is 17.1 Å². The molecule has 1 aliphatic heterocycles. The molecule has 0 aliphatic carbocycles. The lowest BCUT2D eigenvalue weighted by Crippen LogP contribution is -2.45. The fraction of sp³-hybridized carbons (Fsp3) is 0.190. The number of carbonyl (C=O) groups excluding carboxylic acids is 3. The molecule has 1 heterocycles. The molecular weight excluding hydrogens is 395 g/mol. The molecule has 2 N–H and O–H groups in total. The van der Waals surface area contributed by atoms with Gasteiger partial charge in [-0.2, -0.15) is 0 Å².